The summed E-state index contributed by atoms with van der Waals surface area (Å²) in [4.78, 5) is 10.9. The Balaban J connectivity index is 4.56. The summed E-state index contributed by atoms with van der Waals surface area (Å²) < 4.78 is 4.94. The first-order valence-electron chi connectivity index (χ1n) is 3.49. The number of carbonyl (C=O) groups is 1. The van der Waals surface area contributed by atoms with E-state index in [1.165, 1.54) is 6.92 Å². The zero-order valence-electron chi connectivity index (χ0n) is 7.31. The molecule has 0 saturated heterocycles. The summed E-state index contributed by atoms with van der Waals surface area (Å²) in [5.74, 6) is 0.724. The van der Waals surface area contributed by atoms with Crippen molar-refractivity contribution >= 4 is 5.78 Å². The number of carbonyl (C=O) groups excluding carboxylic acids is 1. The molecule has 62 valence electrons. The summed E-state index contributed by atoms with van der Waals surface area (Å²) in [5.41, 5.74) is 0.697. The molecule has 0 amide bonds. The van der Waals surface area contributed by atoms with Gasteiger partial charge in [0.2, 0.25) is 0 Å². The molecule has 0 rings (SSSR count). The van der Waals surface area contributed by atoms with Gasteiger partial charge in [-0.15, -0.1) is 6.58 Å². The van der Waals surface area contributed by atoms with Crippen LogP contribution >= 0.6 is 0 Å². The summed E-state index contributed by atoms with van der Waals surface area (Å²) in [6.45, 7) is 6.86. The number of methoxy groups -OCH3 is 1. The summed E-state index contributed by atoms with van der Waals surface area (Å²) in [6.07, 6.45) is 2.27. The Labute approximate surface area is 67.6 Å². The molecule has 0 aromatic rings. The van der Waals surface area contributed by atoms with E-state index in [0.717, 1.165) is 0 Å². The van der Waals surface area contributed by atoms with E-state index in [-0.39, 0.29) is 5.78 Å². The van der Waals surface area contributed by atoms with Crippen molar-refractivity contribution in [1.29, 1.82) is 0 Å². The van der Waals surface area contributed by atoms with Crippen LogP contribution in [0.15, 0.2) is 24.0 Å². The average molecular weight is 154 g/mol. The number of allylic oxidation sites excluding steroid dienone is 3. The maximum atomic E-state index is 10.9. The molecule has 0 N–H and O–H groups in total. The van der Waals surface area contributed by atoms with Crippen LogP contribution in [0.25, 0.3) is 0 Å². The highest BCUT2D eigenvalue weighted by atomic mass is 16.5. The predicted octanol–water partition coefficient (Wildman–Crippen LogP) is 2.07. The summed E-state index contributed by atoms with van der Waals surface area (Å²) in [7, 11) is 1.56. The third kappa shape index (κ3) is 3.03. The number of rotatable bonds is 4. The summed E-state index contributed by atoms with van der Waals surface area (Å²) >= 11 is 0. The molecule has 0 aliphatic carbocycles. The average Bonchev–Trinajstić information content (AvgIpc) is 1.98. The Hall–Kier alpha value is -1.05. The SMILES string of the molecule is C=CC/C(C(C)=O)=C(\C)OC. The molecular formula is C9H14O2. The number of hydrogen-bond acceptors (Lipinski definition) is 2. The largest absolute Gasteiger partial charge is 0.501 e. The lowest BCUT2D eigenvalue weighted by Gasteiger charge is -2.04. The van der Waals surface area contributed by atoms with Crippen molar-refractivity contribution < 1.29 is 9.53 Å². The van der Waals surface area contributed by atoms with Crippen molar-refractivity contribution in [3.05, 3.63) is 24.0 Å². The molecular weight excluding hydrogens is 140 g/mol. The minimum absolute atomic E-state index is 0.0456. The molecule has 2 nitrogen and oxygen atoms in total. The van der Waals surface area contributed by atoms with Crippen LogP contribution in [0.1, 0.15) is 20.3 Å². The van der Waals surface area contributed by atoms with Crippen LogP contribution in [-0.4, -0.2) is 12.9 Å². The Morgan fingerprint density at radius 2 is 2.09 bits per heavy atom. The standard InChI is InChI=1S/C9H14O2/c1-5-6-9(7(2)10)8(3)11-4/h5H,1,6H2,2-4H3/b9-8-. The second kappa shape index (κ2) is 4.72. The molecule has 2 heteroatoms. The lowest BCUT2D eigenvalue weighted by molar-refractivity contribution is -0.113. The minimum atomic E-state index is 0.0456. The van der Waals surface area contributed by atoms with Gasteiger partial charge in [-0.05, 0) is 20.3 Å². The van der Waals surface area contributed by atoms with Gasteiger partial charge in [-0.3, -0.25) is 4.79 Å². The molecule has 0 unspecified atom stereocenters. The van der Waals surface area contributed by atoms with E-state index in [1.54, 1.807) is 20.1 Å². The van der Waals surface area contributed by atoms with Crippen LogP contribution in [0.4, 0.5) is 0 Å². The van der Waals surface area contributed by atoms with Gasteiger partial charge in [0.15, 0.2) is 5.78 Å². The van der Waals surface area contributed by atoms with Gasteiger partial charge >= 0.3 is 0 Å². The molecule has 0 saturated carbocycles. The lowest BCUT2D eigenvalue weighted by atomic mass is 10.1. The third-order valence-electron chi connectivity index (χ3n) is 1.50. The number of ketones is 1. The fourth-order valence-electron chi connectivity index (χ4n) is 0.803. The van der Waals surface area contributed by atoms with Crippen molar-refractivity contribution in [3.63, 3.8) is 0 Å². The Morgan fingerprint density at radius 3 is 2.36 bits per heavy atom. The van der Waals surface area contributed by atoms with Crippen LogP contribution in [0, 0.1) is 0 Å². The predicted molar refractivity (Wildman–Crippen MR) is 45.2 cm³/mol. The Kier molecular flexibility index (Phi) is 4.27. The molecule has 0 aromatic heterocycles. The Morgan fingerprint density at radius 1 is 1.55 bits per heavy atom. The van der Waals surface area contributed by atoms with Gasteiger partial charge < -0.3 is 4.74 Å². The number of Topliss-reactive ketones (excluding diaryl/α,β-unsaturated/α-hetero) is 1. The second-order valence-electron chi connectivity index (χ2n) is 2.29. The van der Waals surface area contributed by atoms with Crippen LogP contribution in [0.2, 0.25) is 0 Å². The molecule has 11 heavy (non-hydrogen) atoms. The van der Waals surface area contributed by atoms with Gasteiger partial charge in [-0.25, -0.2) is 0 Å². The van der Waals surface area contributed by atoms with Gasteiger partial charge in [0.25, 0.3) is 0 Å². The molecule has 0 radical (unpaired) electrons. The lowest BCUT2D eigenvalue weighted by Crippen LogP contribution is -2.00. The number of ether oxygens (including phenoxy) is 1. The normalized spacial score (nSPS) is 11.9. The van der Waals surface area contributed by atoms with Gasteiger partial charge in [-0.2, -0.15) is 0 Å². The zero-order valence-corrected chi connectivity index (χ0v) is 7.31. The number of hydrogen-bond donors (Lipinski definition) is 0. The van der Waals surface area contributed by atoms with Crippen molar-refractivity contribution in [1.82, 2.24) is 0 Å². The first-order valence-corrected chi connectivity index (χ1v) is 3.49. The second-order valence-corrected chi connectivity index (χ2v) is 2.29. The Bertz CT molecular complexity index is 190. The minimum Gasteiger partial charge on any atom is -0.501 e. The van der Waals surface area contributed by atoms with E-state index >= 15 is 0 Å². The first kappa shape index (κ1) is 9.95. The highest BCUT2D eigenvalue weighted by Gasteiger charge is 2.05. The fraction of sp³-hybridized carbons (Fsp3) is 0.444. The molecule has 0 bridgehead atoms. The van der Waals surface area contributed by atoms with Gasteiger partial charge in [0.05, 0.1) is 12.9 Å². The third-order valence-corrected chi connectivity index (χ3v) is 1.50. The fourth-order valence-corrected chi connectivity index (χ4v) is 0.803. The first-order chi connectivity index (χ1) is 5.13. The van der Waals surface area contributed by atoms with Gasteiger partial charge in [0.1, 0.15) is 0 Å². The quantitative estimate of drug-likeness (QED) is 0.352. The molecule has 0 spiro atoms. The summed E-state index contributed by atoms with van der Waals surface area (Å²) in [5, 5.41) is 0. The van der Waals surface area contributed by atoms with E-state index < -0.39 is 0 Å². The highest BCUT2D eigenvalue weighted by Crippen LogP contribution is 2.10. The molecule has 0 aliphatic heterocycles. The molecule has 0 aromatic carbocycles. The van der Waals surface area contributed by atoms with E-state index in [9.17, 15) is 4.79 Å². The van der Waals surface area contributed by atoms with E-state index in [0.29, 0.717) is 17.8 Å². The molecule has 0 heterocycles. The maximum Gasteiger partial charge on any atom is 0.159 e. The van der Waals surface area contributed by atoms with Crippen LogP contribution in [0.3, 0.4) is 0 Å². The smallest absolute Gasteiger partial charge is 0.159 e. The van der Waals surface area contributed by atoms with Crippen molar-refractivity contribution in [2.75, 3.05) is 7.11 Å². The van der Waals surface area contributed by atoms with Crippen LogP contribution in [-0.2, 0) is 9.53 Å². The van der Waals surface area contributed by atoms with Crippen molar-refractivity contribution in [2.24, 2.45) is 0 Å². The van der Waals surface area contributed by atoms with Gasteiger partial charge in [0, 0.05) is 5.57 Å². The zero-order chi connectivity index (χ0) is 8.85. The molecule has 0 atom stereocenters. The molecule has 0 aliphatic rings. The van der Waals surface area contributed by atoms with E-state index in [1.807, 2.05) is 0 Å². The van der Waals surface area contributed by atoms with Crippen LogP contribution in [0.5, 0.6) is 0 Å². The van der Waals surface area contributed by atoms with Crippen LogP contribution < -0.4 is 0 Å². The highest BCUT2D eigenvalue weighted by molar-refractivity contribution is 5.93. The topological polar surface area (TPSA) is 26.3 Å². The van der Waals surface area contributed by atoms with Crippen molar-refractivity contribution in [2.45, 2.75) is 20.3 Å². The summed E-state index contributed by atoms with van der Waals surface area (Å²) in [6, 6.07) is 0. The van der Waals surface area contributed by atoms with Gasteiger partial charge in [-0.1, -0.05) is 6.08 Å². The monoisotopic (exact) mass is 154 g/mol. The molecule has 0 fully saturated rings. The van der Waals surface area contributed by atoms with E-state index in [4.69, 9.17) is 4.74 Å². The van der Waals surface area contributed by atoms with Crippen molar-refractivity contribution in [3.8, 4) is 0 Å². The maximum absolute atomic E-state index is 10.9. The van der Waals surface area contributed by atoms with E-state index in [2.05, 4.69) is 6.58 Å².